The highest BCUT2D eigenvalue weighted by Crippen LogP contribution is 2.20. The van der Waals surface area contributed by atoms with Crippen LogP contribution < -0.4 is 0 Å². The molecule has 0 aliphatic heterocycles. The van der Waals surface area contributed by atoms with Gasteiger partial charge in [0.15, 0.2) is 0 Å². The Balaban J connectivity index is 2.31. The van der Waals surface area contributed by atoms with E-state index >= 15 is 0 Å². The highest BCUT2D eigenvalue weighted by Gasteiger charge is 2.22. The first-order valence-electron chi connectivity index (χ1n) is 11.4. The standard InChI is InChI=1S/C25H40O4/c1-19(2)15-11-9-7-5-6-8-10-12-18-23(20(3)4)29-25(28)22-17-14-13-16-21(22)24(26)27/h13-14,16-17,19-20,23H,5-12,15,18H2,1-4H3,(H,26,27). The molecule has 1 N–H and O–H groups in total. The number of unbranched alkanes of at least 4 members (excludes halogenated alkanes) is 7. The molecule has 29 heavy (non-hydrogen) atoms. The molecule has 0 amide bonds. The lowest BCUT2D eigenvalue weighted by Crippen LogP contribution is -2.24. The van der Waals surface area contributed by atoms with Gasteiger partial charge in [0.1, 0.15) is 6.10 Å². The zero-order valence-electron chi connectivity index (χ0n) is 18.8. The van der Waals surface area contributed by atoms with Gasteiger partial charge in [0.25, 0.3) is 0 Å². The van der Waals surface area contributed by atoms with Gasteiger partial charge in [-0.15, -0.1) is 0 Å². The first-order chi connectivity index (χ1) is 13.8. The van der Waals surface area contributed by atoms with Crippen LogP contribution in [0.15, 0.2) is 24.3 Å². The summed E-state index contributed by atoms with van der Waals surface area (Å²) in [6, 6.07) is 6.23. The van der Waals surface area contributed by atoms with Crippen LogP contribution in [0, 0.1) is 11.8 Å². The first-order valence-corrected chi connectivity index (χ1v) is 11.4. The van der Waals surface area contributed by atoms with E-state index in [1.54, 1.807) is 12.1 Å². The molecule has 1 unspecified atom stereocenters. The molecule has 0 fully saturated rings. The van der Waals surface area contributed by atoms with Crippen LogP contribution in [0.1, 0.15) is 113 Å². The number of carboxylic acid groups (broad SMARTS) is 1. The molecular formula is C25H40O4. The summed E-state index contributed by atoms with van der Waals surface area (Å²) in [5.74, 6) is -0.626. The molecule has 4 nitrogen and oxygen atoms in total. The summed E-state index contributed by atoms with van der Waals surface area (Å²) in [7, 11) is 0. The van der Waals surface area contributed by atoms with Gasteiger partial charge >= 0.3 is 11.9 Å². The van der Waals surface area contributed by atoms with E-state index in [2.05, 4.69) is 13.8 Å². The van der Waals surface area contributed by atoms with Crippen molar-refractivity contribution < 1.29 is 19.4 Å². The minimum atomic E-state index is -1.11. The van der Waals surface area contributed by atoms with Crippen molar-refractivity contribution in [3.8, 4) is 0 Å². The summed E-state index contributed by atoms with van der Waals surface area (Å²) in [6.07, 6.45) is 12.0. The van der Waals surface area contributed by atoms with Crippen molar-refractivity contribution in [2.24, 2.45) is 11.8 Å². The van der Waals surface area contributed by atoms with Crippen molar-refractivity contribution in [1.82, 2.24) is 0 Å². The van der Waals surface area contributed by atoms with Crippen LogP contribution in [0.2, 0.25) is 0 Å². The van der Waals surface area contributed by atoms with Crippen LogP contribution in [0.25, 0.3) is 0 Å². The van der Waals surface area contributed by atoms with Gasteiger partial charge in [-0.1, -0.05) is 91.2 Å². The summed E-state index contributed by atoms with van der Waals surface area (Å²) in [6.45, 7) is 8.65. The molecule has 1 aromatic rings. The molecule has 0 radical (unpaired) electrons. The number of hydrogen-bond acceptors (Lipinski definition) is 3. The van der Waals surface area contributed by atoms with Crippen LogP contribution in [-0.2, 0) is 4.74 Å². The van der Waals surface area contributed by atoms with Crippen molar-refractivity contribution in [2.45, 2.75) is 98.0 Å². The number of ether oxygens (including phenoxy) is 1. The Labute approximate surface area is 177 Å². The SMILES string of the molecule is CC(C)CCCCCCCCCCC(OC(=O)c1ccccc1C(=O)O)C(C)C. The second-order valence-electron chi connectivity index (χ2n) is 8.84. The molecule has 0 saturated heterocycles. The van der Waals surface area contributed by atoms with Gasteiger partial charge in [-0.25, -0.2) is 9.59 Å². The molecule has 0 aliphatic rings. The summed E-state index contributed by atoms with van der Waals surface area (Å²) < 4.78 is 5.68. The normalized spacial score (nSPS) is 12.3. The molecule has 164 valence electrons. The number of hydrogen-bond donors (Lipinski definition) is 1. The Morgan fingerprint density at radius 3 is 1.76 bits per heavy atom. The smallest absolute Gasteiger partial charge is 0.339 e. The van der Waals surface area contributed by atoms with Gasteiger partial charge < -0.3 is 9.84 Å². The van der Waals surface area contributed by atoms with E-state index in [4.69, 9.17) is 4.74 Å². The lowest BCUT2D eigenvalue weighted by molar-refractivity contribution is 0.0147. The van der Waals surface area contributed by atoms with E-state index in [0.29, 0.717) is 0 Å². The maximum Gasteiger partial charge on any atom is 0.339 e. The molecule has 0 heterocycles. The number of benzene rings is 1. The summed E-state index contributed by atoms with van der Waals surface area (Å²) in [4.78, 5) is 23.8. The number of carboxylic acids is 1. The first kappa shape index (κ1) is 25.2. The Hall–Kier alpha value is -1.84. The average molecular weight is 405 g/mol. The highest BCUT2D eigenvalue weighted by atomic mass is 16.5. The minimum absolute atomic E-state index is 0.00611. The number of rotatable bonds is 15. The van der Waals surface area contributed by atoms with Crippen molar-refractivity contribution in [3.63, 3.8) is 0 Å². The van der Waals surface area contributed by atoms with E-state index in [-0.39, 0.29) is 23.1 Å². The minimum Gasteiger partial charge on any atom is -0.478 e. The van der Waals surface area contributed by atoms with E-state index in [0.717, 1.165) is 25.2 Å². The Morgan fingerprint density at radius 2 is 1.28 bits per heavy atom. The fourth-order valence-corrected chi connectivity index (χ4v) is 3.54. The summed E-state index contributed by atoms with van der Waals surface area (Å²) in [5, 5.41) is 9.27. The van der Waals surface area contributed by atoms with E-state index in [9.17, 15) is 14.7 Å². The van der Waals surface area contributed by atoms with E-state index < -0.39 is 11.9 Å². The Morgan fingerprint density at radius 1 is 0.793 bits per heavy atom. The van der Waals surface area contributed by atoms with Gasteiger partial charge in [-0.05, 0) is 36.8 Å². The number of aromatic carboxylic acids is 1. The molecule has 0 saturated carbocycles. The van der Waals surface area contributed by atoms with Gasteiger partial charge in [-0.2, -0.15) is 0 Å². The number of esters is 1. The number of carbonyl (C=O) groups is 2. The summed E-state index contributed by atoms with van der Waals surface area (Å²) >= 11 is 0. The maximum absolute atomic E-state index is 12.5. The highest BCUT2D eigenvalue weighted by molar-refractivity contribution is 6.02. The van der Waals surface area contributed by atoms with Crippen molar-refractivity contribution in [2.75, 3.05) is 0 Å². The summed E-state index contributed by atoms with van der Waals surface area (Å²) in [5.41, 5.74) is 0.122. The van der Waals surface area contributed by atoms with Crippen molar-refractivity contribution >= 4 is 11.9 Å². The van der Waals surface area contributed by atoms with Crippen LogP contribution in [-0.4, -0.2) is 23.1 Å². The van der Waals surface area contributed by atoms with Crippen LogP contribution in [0.3, 0.4) is 0 Å². The lowest BCUT2D eigenvalue weighted by atomic mass is 9.99. The fourth-order valence-electron chi connectivity index (χ4n) is 3.54. The largest absolute Gasteiger partial charge is 0.478 e. The van der Waals surface area contributed by atoms with E-state index in [1.807, 2.05) is 13.8 Å². The van der Waals surface area contributed by atoms with Crippen LogP contribution in [0.5, 0.6) is 0 Å². The Kier molecular flexibility index (Phi) is 12.3. The van der Waals surface area contributed by atoms with Crippen molar-refractivity contribution in [3.05, 3.63) is 35.4 Å². The van der Waals surface area contributed by atoms with E-state index in [1.165, 1.54) is 57.1 Å². The topological polar surface area (TPSA) is 63.6 Å². The quantitative estimate of drug-likeness (QED) is 0.249. The molecule has 0 bridgehead atoms. The third-order valence-corrected chi connectivity index (χ3v) is 5.40. The van der Waals surface area contributed by atoms with Gasteiger partial charge in [0.2, 0.25) is 0 Å². The monoisotopic (exact) mass is 404 g/mol. The zero-order valence-corrected chi connectivity index (χ0v) is 18.8. The van der Waals surface area contributed by atoms with Crippen molar-refractivity contribution in [1.29, 1.82) is 0 Å². The van der Waals surface area contributed by atoms with Gasteiger partial charge in [0.05, 0.1) is 11.1 Å². The molecule has 0 spiro atoms. The third-order valence-electron chi connectivity index (χ3n) is 5.40. The molecule has 0 aromatic heterocycles. The molecule has 0 aliphatic carbocycles. The second kappa shape index (κ2) is 14.2. The second-order valence-corrected chi connectivity index (χ2v) is 8.84. The third kappa shape index (κ3) is 10.5. The molecule has 4 heteroatoms. The zero-order chi connectivity index (χ0) is 21.6. The van der Waals surface area contributed by atoms with Crippen LogP contribution in [0.4, 0.5) is 0 Å². The molecule has 1 rings (SSSR count). The van der Waals surface area contributed by atoms with Gasteiger partial charge in [-0.3, -0.25) is 0 Å². The van der Waals surface area contributed by atoms with Gasteiger partial charge in [0, 0.05) is 0 Å². The average Bonchev–Trinajstić information content (AvgIpc) is 2.67. The lowest BCUT2D eigenvalue weighted by Gasteiger charge is -2.22. The predicted molar refractivity (Wildman–Crippen MR) is 118 cm³/mol. The molecular weight excluding hydrogens is 364 g/mol. The number of carbonyl (C=O) groups excluding carboxylic acids is 1. The predicted octanol–water partition coefficient (Wildman–Crippen LogP) is 7.12. The maximum atomic E-state index is 12.5. The Bertz CT molecular complexity index is 607. The molecule has 1 atom stereocenters. The van der Waals surface area contributed by atoms with Crippen LogP contribution >= 0.6 is 0 Å². The molecule has 1 aromatic carbocycles. The fraction of sp³-hybridized carbons (Fsp3) is 0.680.